The van der Waals surface area contributed by atoms with E-state index in [0.717, 1.165) is 52.0 Å². The Morgan fingerprint density at radius 1 is 1.05 bits per heavy atom. The van der Waals surface area contributed by atoms with Gasteiger partial charge in [0.05, 0.1) is 11.8 Å². The maximum absolute atomic E-state index is 12.4. The van der Waals surface area contributed by atoms with Crippen LogP contribution in [0.15, 0.2) is 0 Å². The van der Waals surface area contributed by atoms with E-state index in [1.165, 1.54) is 12.8 Å². The van der Waals surface area contributed by atoms with Gasteiger partial charge in [-0.15, -0.1) is 0 Å². The number of carbonyl (C=O) groups excluding carboxylic acids is 2. The largest absolute Gasteiger partial charge is 0.353 e. The van der Waals surface area contributed by atoms with Crippen LogP contribution in [0.2, 0.25) is 0 Å². The molecule has 3 fully saturated rings. The number of amides is 2. The van der Waals surface area contributed by atoms with E-state index in [2.05, 4.69) is 17.1 Å². The van der Waals surface area contributed by atoms with Crippen molar-refractivity contribution in [1.82, 2.24) is 15.1 Å². The molecule has 3 aliphatic rings. The predicted octanol–water partition coefficient (Wildman–Crippen LogP) is 0.845. The van der Waals surface area contributed by atoms with Gasteiger partial charge in [-0.1, -0.05) is 19.8 Å². The Kier molecular flexibility index (Phi) is 4.48. The number of carbonyl (C=O) groups is 2. The van der Waals surface area contributed by atoms with Gasteiger partial charge < -0.3 is 15.1 Å². The average Bonchev–Trinajstić information content (AvgIpc) is 3.17. The van der Waals surface area contributed by atoms with Crippen molar-refractivity contribution in [3.05, 3.63) is 0 Å². The van der Waals surface area contributed by atoms with Gasteiger partial charge in [0.15, 0.2) is 0 Å². The zero-order chi connectivity index (χ0) is 14.8. The van der Waals surface area contributed by atoms with Crippen LogP contribution in [0.4, 0.5) is 0 Å². The van der Waals surface area contributed by atoms with Gasteiger partial charge in [0.25, 0.3) is 0 Å². The summed E-state index contributed by atoms with van der Waals surface area (Å²) in [5, 5.41) is 3.13. The van der Waals surface area contributed by atoms with Crippen molar-refractivity contribution in [3.63, 3.8) is 0 Å². The van der Waals surface area contributed by atoms with Crippen LogP contribution in [-0.2, 0) is 9.59 Å². The molecule has 2 atom stereocenters. The first kappa shape index (κ1) is 14.8. The minimum atomic E-state index is -0.0534. The first-order valence-corrected chi connectivity index (χ1v) is 8.50. The molecule has 1 heterocycles. The third-order valence-corrected chi connectivity index (χ3v) is 5.28. The fourth-order valence-electron chi connectivity index (χ4n) is 3.66. The Morgan fingerprint density at radius 2 is 1.71 bits per heavy atom. The molecule has 21 heavy (non-hydrogen) atoms. The lowest BCUT2D eigenvalue weighted by atomic mass is 10.2. The molecular weight excluding hydrogens is 266 g/mol. The van der Waals surface area contributed by atoms with Crippen molar-refractivity contribution in [2.45, 2.75) is 45.1 Å². The first-order valence-electron chi connectivity index (χ1n) is 8.50. The van der Waals surface area contributed by atoms with Gasteiger partial charge in [0, 0.05) is 32.2 Å². The number of hydrogen-bond donors (Lipinski definition) is 1. The van der Waals surface area contributed by atoms with Crippen LogP contribution in [0.3, 0.4) is 0 Å². The molecule has 118 valence electrons. The first-order chi connectivity index (χ1) is 10.2. The Bertz CT molecular complexity index is 398. The molecule has 2 unspecified atom stereocenters. The summed E-state index contributed by atoms with van der Waals surface area (Å²) in [4.78, 5) is 28.9. The third kappa shape index (κ3) is 3.39. The van der Waals surface area contributed by atoms with E-state index in [1.54, 1.807) is 0 Å². The van der Waals surface area contributed by atoms with Crippen molar-refractivity contribution >= 4 is 11.8 Å². The van der Waals surface area contributed by atoms with Crippen molar-refractivity contribution in [1.29, 1.82) is 0 Å². The lowest BCUT2D eigenvalue weighted by Crippen LogP contribution is -2.49. The summed E-state index contributed by atoms with van der Waals surface area (Å²) < 4.78 is 0. The molecule has 0 aromatic rings. The molecule has 0 radical (unpaired) electrons. The van der Waals surface area contributed by atoms with Gasteiger partial charge in [-0.3, -0.25) is 9.59 Å². The number of rotatable bonds is 4. The highest BCUT2D eigenvalue weighted by Crippen LogP contribution is 2.40. The summed E-state index contributed by atoms with van der Waals surface area (Å²) in [6.07, 6.45) is 5.41. The highest BCUT2D eigenvalue weighted by molar-refractivity contribution is 5.92. The second kappa shape index (κ2) is 6.34. The molecule has 5 heteroatoms. The molecule has 0 spiro atoms. The highest BCUT2D eigenvalue weighted by Gasteiger charge is 2.50. The molecule has 0 bridgehead atoms. The Morgan fingerprint density at radius 3 is 2.33 bits per heavy atom. The molecule has 3 rings (SSSR count). The molecule has 0 aromatic heterocycles. The second-order valence-corrected chi connectivity index (χ2v) is 6.70. The summed E-state index contributed by atoms with van der Waals surface area (Å²) in [5.41, 5.74) is 0. The summed E-state index contributed by atoms with van der Waals surface area (Å²) in [7, 11) is 0. The van der Waals surface area contributed by atoms with Gasteiger partial charge in [0.1, 0.15) is 0 Å². The van der Waals surface area contributed by atoms with Gasteiger partial charge in [-0.2, -0.15) is 0 Å². The fourth-order valence-corrected chi connectivity index (χ4v) is 3.66. The number of likely N-dealkylation sites (N-methyl/N-ethyl adjacent to an activating group) is 1. The van der Waals surface area contributed by atoms with Gasteiger partial charge in [-0.25, -0.2) is 0 Å². The van der Waals surface area contributed by atoms with Crippen LogP contribution in [0.1, 0.15) is 39.0 Å². The average molecular weight is 293 g/mol. The topological polar surface area (TPSA) is 52.7 Å². The van der Waals surface area contributed by atoms with E-state index in [-0.39, 0.29) is 23.7 Å². The Hall–Kier alpha value is -1.10. The van der Waals surface area contributed by atoms with Gasteiger partial charge in [0.2, 0.25) is 11.8 Å². The van der Waals surface area contributed by atoms with Gasteiger partial charge in [-0.05, 0) is 25.8 Å². The van der Waals surface area contributed by atoms with Crippen LogP contribution in [0.25, 0.3) is 0 Å². The minimum Gasteiger partial charge on any atom is -0.353 e. The lowest BCUT2D eigenvalue weighted by molar-refractivity contribution is -0.136. The van der Waals surface area contributed by atoms with Crippen molar-refractivity contribution in [3.8, 4) is 0 Å². The molecule has 2 amide bonds. The predicted molar refractivity (Wildman–Crippen MR) is 80.7 cm³/mol. The summed E-state index contributed by atoms with van der Waals surface area (Å²) in [6.45, 7) is 6.78. The lowest BCUT2D eigenvalue weighted by Gasteiger charge is -2.34. The van der Waals surface area contributed by atoms with Crippen LogP contribution in [0, 0.1) is 11.8 Å². The molecule has 2 saturated carbocycles. The van der Waals surface area contributed by atoms with Gasteiger partial charge >= 0.3 is 0 Å². The Balaban J connectivity index is 1.44. The molecule has 1 saturated heterocycles. The smallest absolute Gasteiger partial charge is 0.226 e. The SMILES string of the molecule is CCN1CCN(C(=O)C2CC2C(=O)NC2CCCC2)CC1. The van der Waals surface area contributed by atoms with E-state index in [4.69, 9.17) is 0 Å². The standard InChI is InChI=1S/C16H27N3O2/c1-2-18-7-9-19(10-8-18)16(21)14-11-13(14)15(20)17-12-5-3-4-6-12/h12-14H,2-11H2,1H3,(H,17,20). The highest BCUT2D eigenvalue weighted by atomic mass is 16.2. The van der Waals surface area contributed by atoms with Crippen molar-refractivity contribution in [2.75, 3.05) is 32.7 Å². The maximum Gasteiger partial charge on any atom is 0.226 e. The van der Waals surface area contributed by atoms with E-state index in [0.29, 0.717) is 6.04 Å². The minimum absolute atomic E-state index is 0.0421. The summed E-state index contributed by atoms with van der Waals surface area (Å²) >= 11 is 0. The van der Waals surface area contributed by atoms with E-state index in [9.17, 15) is 9.59 Å². The van der Waals surface area contributed by atoms with Crippen molar-refractivity contribution in [2.24, 2.45) is 11.8 Å². The van der Waals surface area contributed by atoms with Crippen LogP contribution in [0.5, 0.6) is 0 Å². The number of hydrogen-bond acceptors (Lipinski definition) is 3. The summed E-state index contributed by atoms with van der Waals surface area (Å²) in [6, 6.07) is 0.363. The normalized spacial score (nSPS) is 30.4. The zero-order valence-corrected chi connectivity index (χ0v) is 13.0. The van der Waals surface area contributed by atoms with Crippen LogP contribution < -0.4 is 5.32 Å². The van der Waals surface area contributed by atoms with Crippen LogP contribution in [-0.4, -0.2) is 60.4 Å². The third-order valence-electron chi connectivity index (χ3n) is 5.28. The fraction of sp³-hybridized carbons (Fsp3) is 0.875. The quantitative estimate of drug-likeness (QED) is 0.836. The Labute approximate surface area is 127 Å². The summed E-state index contributed by atoms with van der Waals surface area (Å²) in [5.74, 6) is 0.228. The van der Waals surface area contributed by atoms with Crippen molar-refractivity contribution < 1.29 is 9.59 Å². The van der Waals surface area contributed by atoms with E-state index in [1.807, 2.05) is 4.90 Å². The molecule has 2 aliphatic carbocycles. The van der Waals surface area contributed by atoms with Crippen LogP contribution >= 0.6 is 0 Å². The van der Waals surface area contributed by atoms with E-state index < -0.39 is 0 Å². The maximum atomic E-state index is 12.4. The molecule has 0 aromatic carbocycles. The molecular formula is C16H27N3O2. The molecule has 5 nitrogen and oxygen atoms in total. The number of nitrogens with one attached hydrogen (secondary N) is 1. The monoisotopic (exact) mass is 293 g/mol. The second-order valence-electron chi connectivity index (χ2n) is 6.70. The number of piperazine rings is 1. The molecule has 1 N–H and O–H groups in total. The number of nitrogens with zero attached hydrogens (tertiary/aromatic N) is 2. The zero-order valence-electron chi connectivity index (χ0n) is 13.0. The molecule has 1 aliphatic heterocycles. The van der Waals surface area contributed by atoms with E-state index >= 15 is 0 Å².